The highest BCUT2D eigenvalue weighted by molar-refractivity contribution is 7.18. The van der Waals surface area contributed by atoms with Gasteiger partial charge in [0.15, 0.2) is 0 Å². The average Bonchev–Trinajstić information content (AvgIpc) is 2.86. The van der Waals surface area contributed by atoms with E-state index in [4.69, 9.17) is 5.73 Å². The molecule has 0 saturated carbocycles. The van der Waals surface area contributed by atoms with Gasteiger partial charge in [-0.2, -0.15) is 0 Å². The summed E-state index contributed by atoms with van der Waals surface area (Å²) in [4.78, 5) is 16.4. The number of para-hydroxylation sites is 1. The lowest BCUT2D eigenvalue weighted by Gasteiger charge is -2.23. The van der Waals surface area contributed by atoms with Crippen molar-refractivity contribution in [2.45, 2.75) is 39.7 Å². The van der Waals surface area contributed by atoms with E-state index in [-0.39, 0.29) is 11.3 Å². The minimum Gasteiger partial charge on any atom is -0.350 e. The maximum atomic E-state index is 11.9. The van der Waals surface area contributed by atoms with Gasteiger partial charge < -0.3 is 11.1 Å². The molecule has 1 aromatic carbocycles. The molecule has 0 atom stereocenters. The summed E-state index contributed by atoms with van der Waals surface area (Å²) < 4.78 is 1.16. The van der Waals surface area contributed by atoms with Crippen molar-refractivity contribution in [2.75, 3.05) is 6.54 Å². The first-order chi connectivity index (χ1) is 10.00. The number of carbonyl (C=O) groups is 1. The fraction of sp³-hybridized carbons (Fsp3) is 0.500. The van der Waals surface area contributed by atoms with Gasteiger partial charge in [-0.1, -0.05) is 26.0 Å². The van der Waals surface area contributed by atoms with Crippen LogP contribution in [0.25, 0.3) is 10.2 Å². The summed E-state index contributed by atoms with van der Waals surface area (Å²) in [5.74, 6) is 0.0827. The molecule has 21 heavy (non-hydrogen) atoms. The topological polar surface area (TPSA) is 68.0 Å². The van der Waals surface area contributed by atoms with E-state index in [0.29, 0.717) is 19.5 Å². The summed E-state index contributed by atoms with van der Waals surface area (Å²) in [6.45, 7) is 5.48. The number of nitrogens with one attached hydrogen (secondary N) is 1. The third-order valence-electron chi connectivity index (χ3n) is 3.62. The summed E-state index contributed by atoms with van der Waals surface area (Å²) in [5, 5.41) is 3.90. The van der Waals surface area contributed by atoms with Crippen molar-refractivity contribution in [3.05, 3.63) is 29.3 Å². The van der Waals surface area contributed by atoms with E-state index in [1.54, 1.807) is 11.3 Å². The number of hydrogen-bond acceptors (Lipinski definition) is 4. The fourth-order valence-corrected chi connectivity index (χ4v) is 3.13. The molecule has 0 saturated heterocycles. The zero-order valence-electron chi connectivity index (χ0n) is 12.7. The minimum absolute atomic E-state index is 0.0827. The van der Waals surface area contributed by atoms with Gasteiger partial charge in [0.05, 0.1) is 16.8 Å². The molecule has 0 unspecified atom stereocenters. The normalized spacial score (nSPS) is 11.8. The zero-order chi connectivity index (χ0) is 15.3. The second-order valence-corrected chi connectivity index (χ2v) is 7.17. The van der Waals surface area contributed by atoms with Crippen LogP contribution in [0.15, 0.2) is 24.3 Å². The first kappa shape index (κ1) is 15.9. The molecule has 4 nitrogen and oxygen atoms in total. The molecular weight excluding hydrogens is 282 g/mol. The van der Waals surface area contributed by atoms with Gasteiger partial charge in [0.25, 0.3) is 0 Å². The van der Waals surface area contributed by atoms with Gasteiger partial charge in [-0.05, 0) is 36.9 Å². The first-order valence-corrected chi connectivity index (χ1v) is 8.13. The van der Waals surface area contributed by atoms with Crippen LogP contribution < -0.4 is 11.1 Å². The highest BCUT2D eigenvalue weighted by Crippen LogP contribution is 2.26. The quantitative estimate of drug-likeness (QED) is 0.826. The van der Waals surface area contributed by atoms with E-state index in [0.717, 1.165) is 28.1 Å². The molecule has 0 bridgehead atoms. The number of rotatable bonds is 7. The predicted octanol–water partition coefficient (Wildman–Crippen LogP) is 3.07. The van der Waals surface area contributed by atoms with Gasteiger partial charge >= 0.3 is 0 Å². The van der Waals surface area contributed by atoms with Crippen LogP contribution in [-0.2, 0) is 11.3 Å². The Labute approximate surface area is 129 Å². The number of carbonyl (C=O) groups excluding carboxylic acids is 1. The van der Waals surface area contributed by atoms with Crippen LogP contribution in [-0.4, -0.2) is 17.4 Å². The largest absolute Gasteiger partial charge is 0.350 e. The van der Waals surface area contributed by atoms with Crippen LogP contribution in [0.1, 0.15) is 38.1 Å². The third-order valence-corrected chi connectivity index (χ3v) is 4.66. The van der Waals surface area contributed by atoms with E-state index in [2.05, 4.69) is 24.1 Å². The Balaban J connectivity index is 1.81. The summed E-state index contributed by atoms with van der Waals surface area (Å²) in [7, 11) is 0. The lowest BCUT2D eigenvalue weighted by molar-refractivity contribution is -0.121. The monoisotopic (exact) mass is 305 g/mol. The van der Waals surface area contributed by atoms with E-state index in [9.17, 15) is 4.79 Å². The summed E-state index contributed by atoms with van der Waals surface area (Å²) in [6.07, 6.45) is 2.34. The SMILES string of the molecule is CC(C)(CCN)CCC(=O)NCc1nc2ccccc2s1. The molecule has 0 radical (unpaired) electrons. The number of thiazole rings is 1. The number of aromatic nitrogens is 1. The summed E-state index contributed by atoms with van der Waals surface area (Å²) >= 11 is 1.63. The standard InChI is InChI=1S/C16H23N3OS/c1-16(2,9-10-17)8-7-14(20)18-11-15-19-12-5-3-4-6-13(12)21-15/h3-6H,7-11,17H2,1-2H3,(H,18,20). The Bertz CT molecular complexity index is 573. The van der Waals surface area contributed by atoms with Crippen LogP contribution >= 0.6 is 11.3 Å². The maximum absolute atomic E-state index is 11.9. The van der Waals surface area contributed by atoms with Gasteiger partial charge in [-0.3, -0.25) is 4.79 Å². The second-order valence-electron chi connectivity index (χ2n) is 6.05. The molecule has 0 fully saturated rings. The minimum atomic E-state index is 0.0827. The van der Waals surface area contributed by atoms with Crippen molar-refractivity contribution < 1.29 is 4.79 Å². The summed E-state index contributed by atoms with van der Waals surface area (Å²) in [6, 6.07) is 8.02. The molecule has 5 heteroatoms. The molecule has 2 rings (SSSR count). The van der Waals surface area contributed by atoms with E-state index in [1.165, 1.54) is 0 Å². The Kier molecular flexibility index (Phi) is 5.31. The Morgan fingerprint density at radius 2 is 2.10 bits per heavy atom. The van der Waals surface area contributed by atoms with Crippen molar-refractivity contribution in [1.29, 1.82) is 0 Å². The van der Waals surface area contributed by atoms with Gasteiger partial charge in [-0.15, -0.1) is 11.3 Å². The van der Waals surface area contributed by atoms with Gasteiger partial charge in [-0.25, -0.2) is 4.98 Å². The number of fused-ring (bicyclic) bond motifs is 1. The lowest BCUT2D eigenvalue weighted by Crippen LogP contribution is -2.25. The number of hydrogen-bond donors (Lipinski definition) is 2. The van der Waals surface area contributed by atoms with Crippen molar-refractivity contribution >= 4 is 27.5 Å². The van der Waals surface area contributed by atoms with Crippen LogP contribution in [0.3, 0.4) is 0 Å². The third kappa shape index (κ3) is 4.79. The van der Waals surface area contributed by atoms with Gasteiger partial charge in [0.2, 0.25) is 5.91 Å². The molecule has 114 valence electrons. The second kappa shape index (κ2) is 7.00. The molecule has 0 spiro atoms. The lowest BCUT2D eigenvalue weighted by atomic mass is 9.84. The number of amides is 1. The zero-order valence-corrected chi connectivity index (χ0v) is 13.5. The average molecular weight is 305 g/mol. The van der Waals surface area contributed by atoms with Crippen LogP contribution in [0.5, 0.6) is 0 Å². The highest BCUT2D eigenvalue weighted by Gasteiger charge is 2.18. The molecule has 1 aromatic heterocycles. The van der Waals surface area contributed by atoms with E-state index >= 15 is 0 Å². The maximum Gasteiger partial charge on any atom is 0.220 e. The molecule has 0 aliphatic carbocycles. The number of nitrogens with two attached hydrogens (primary N) is 1. The van der Waals surface area contributed by atoms with Crippen molar-refractivity contribution in [3.8, 4) is 0 Å². The number of benzene rings is 1. The molecule has 0 aliphatic heterocycles. The molecular formula is C16H23N3OS. The molecule has 2 aromatic rings. The Morgan fingerprint density at radius 3 is 2.81 bits per heavy atom. The van der Waals surface area contributed by atoms with Crippen molar-refractivity contribution in [2.24, 2.45) is 11.1 Å². The van der Waals surface area contributed by atoms with E-state index < -0.39 is 0 Å². The van der Waals surface area contributed by atoms with E-state index in [1.807, 2.05) is 24.3 Å². The van der Waals surface area contributed by atoms with Gasteiger partial charge in [0, 0.05) is 6.42 Å². The van der Waals surface area contributed by atoms with Crippen LogP contribution in [0.2, 0.25) is 0 Å². The summed E-state index contributed by atoms with van der Waals surface area (Å²) in [5.41, 5.74) is 6.71. The van der Waals surface area contributed by atoms with Crippen molar-refractivity contribution in [3.63, 3.8) is 0 Å². The smallest absolute Gasteiger partial charge is 0.220 e. The van der Waals surface area contributed by atoms with Crippen LogP contribution in [0.4, 0.5) is 0 Å². The van der Waals surface area contributed by atoms with Crippen LogP contribution in [0, 0.1) is 5.41 Å². The molecule has 1 amide bonds. The fourth-order valence-electron chi connectivity index (χ4n) is 2.23. The Hall–Kier alpha value is -1.46. The van der Waals surface area contributed by atoms with Crippen molar-refractivity contribution in [1.82, 2.24) is 10.3 Å². The first-order valence-electron chi connectivity index (χ1n) is 7.31. The molecule has 0 aliphatic rings. The molecule has 1 heterocycles. The number of nitrogens with zero attached hydrogens (tertiary/aromatic N) is 1. The highest BCUT2D eigenvalue weighted by atomic mass is 32.1. The van der Waals surface area contributed by atoms with Gasteiger partial charge in [0.1, 0.15) is 5.01 Å². The predicted molar refractivity (Wildman–Crippen MR) is 88.2 cm³/mol. The Morgan fingerprint density at radius 1 is 1.33 bits per heavy atom. The molecule has 3 N–H and O–H groups in total.